The first-order chi connectivity index (χ1) is 15.1. The average Bonchev–Trinajstić information content (AvgIpc) is 3.41. The molecule has 4 aromatic rings. The maximum Gasteiger partial charge on any atom is 0.259 e. The van der Waals surface area contributed by atoms with Crippen LogP contribution >= 0.6 is 0 Å². The van der Waals surface area contributed by atoms with Crippen LogP contribution in [0.1, 0.15) is 17.5 Å². The van der Waals surface area contributed by atoms with Crippen molar-refractivity contribution in [2.75, 3.05) is 13.6 Å². The Labute approximate surface area is 178 Å². The van der Waals surface area contributed by atoms with Gasteiger partial charge in [-0.1, -0.05) is 18.2 Å². The molecule has 0 saturated carbocycles. The number of aryl methyl sites for hydroxylation is 1. The second-order valence-corrected chi connectivity index (χ2v) is 7.68. The van der Waals surface area contributed by atoms with Crippen LogP contribution in [0.3, 0.4) is 0 Å². The van der Waals surface area contributed by atoms with Crippen LogP contribution in [0.4, 0.5) is 0 Å². The molecule has 0 aliphatic carbocycles. The molecule has 7 nitrogen and oxygen atoms in total. The maximum absolute atomic E-state index is 12.9. The second-order valence-electron chi connectivity index (χ2n) is 7.68. The van der Waals surface area contributed by atoms with Gasteiger partial charge in [0.2, 0.25) is 0 Å². The Morgan fingerprint density at radius 1 is 1.00 bits per heavy atom. The standard InChI is InChI=1S/C24H22N4O3/c1-25-9-4-10-28-13-18(16-11-14(29)7-8-20(16)28)22-21(23(30)27-24(22)31)17-12-26-19-6-3-2-5-15(17)19/h2-3,5-8,11-13,25-26,29H,4,9-10H2,1H3,(H,27,30,31). The Bertz CT molecular complexity index is 1380. The molecule has 4 N–H and O–H groups in total. The summed E-state index contributed by atoms with van der Waals surface area (Å²) < 4.78 is 2.07. The van der Waals surface area contributed by atoms with Crippen molar-refractivity contribution in [2.24, 2.45) is 0 Å². The number of hydrogen-bond donors (Lipinski definition) is 4. The number of nitrogens with zero attached hydrogens (tertiary/aromatic N) is 1. The number of fused-ring (bicyclic) bond motifs is 2. The third kappa shape index (κ3) is 3.10. The van der Waals surface area contributed by atoms with Crippen LogP contribution in [0.2, 0.25) is 0 Å². The summed E-state index contributed by atoms with van der Waals surface area (Å²) in [7, 11) is 1.91. The van der Waals surface area contributed by atoms with Crippen LogP contribution in [0.5, 0.6) is 5.75 Å². The fraction of sp³-hybridized carbons (Fsp3) is 0.167. The summed E-state index contributed by atoms with van der Waals surface area (Å²) in [4.78, 5) is 29.0. The SMILES string of the molecule is CNCCCn1cc(C2=C(c3c[nH]c4ccccc34)C(=O)NC2=O)c2cc(O)ccc21. The van der Waals surface area contributed by atoms with Crippen molar-refractivity contribution in [2.45, 2.75) is 13.0 Å². The van der Waals surface area contributed by atoms with E-state index < -0.39 is 11.8 Å². The van der Waals surface area contributed by atoms with E-state index in [0.29, 0.717) is 22.3 Å². The van der Waals surface area contributed by atoms with Crippen LogP contribution in [-0.2, 0) is 16.1 Å². The third-order valence-corrected chi connectivity index (χ3v) is 5.75. The molecule has 31 heavy (non-hydrogen) atoms. The number of hydrogen-bond acceptors (Lipinski definition) is 4. The summed E-state index contributed by atoms with van der Waals surface area (Å²) >= 11 is 0. The lowest BCUT2D eigenvalue weighted by Gasteiger charge is -2.04. The van der Waals surface area contributed by atoms with Gasteiger partial charge in [0, 0.05) is 51.9 Å². The number of rotatable bonds is 6. The zero-order chi connectivity index (χ0) is 21.5. The normalized spacial score (nSPS) is 14.2. The van der Waals surface area contributed by atoms with Gasteiger partial charge in [-0.05, 0) is 44.3 Å². The molecule has 0 fully saturated rings. The molecule has 5 rings (SSSR count). The first kappa shape index (κ1) is 19.1. The highest BCUT2D eigenvalue weighted by molar-refractivity contribution is 6.50. The summed E-state index contributed by atoms with van der Waals surface area (Å²) in [6.45, 7) is 1.60. The number of H-pyrrole nitrogens is 1. The molecule has 0 unspecified atom stereocenters. The quantitative estimate of drug-likeness (QED) is 0.288. The molecule has 2 aromatic carbocycles. The highest BCUT2D eigenvalue weighted by atomic mass is 16.3. The summed E-state index contributed by atoms with van der Waals surface area (Å²) in [5.41, 5.74) is 3.80. The predicted octanol–water partition coefficient (Wildman–Crippen LogP) is 3.00. The van der Waals surface area contributed by atoms with Crippen molar-refractivity contribution in [1.82, 2.24) is 20.2 Å². The number of aromatic hydroxyl groups is 1. The van der Waals surface area contributed by atoms with Gasteiger partial charge >= 0.3 is 0 Å². The molecule has 0 radical (unpaired) electrons. The summed E-state index contributed by atoms with van der Waals surface area (Å²) in [5, 5.41) is 17.3. The molecule has 0 atom stereocenters. The number of aromatic nitrogens is 2. The molecule has 0 saturated heterocycles. The van der Waals surface area contributed by atoms with E-state index in [1.165, 1.54) is 0 Å². The number of aromatic amines is 1. The van der Waals surface area contributed by atoms with E-state index in [4.69, 9.17) is 0 Å². The number of imide groups is 1. The molecule has 156 valence electrons. The molecular weight excluding hydrogens is 392 g/mol. The topological polar surface area (TPSA) is 99.2 Å². The van der Waals surface area contributed by atoms with Gasteiger partial charge in [0.05, 0.1) is 11.1 Å². The Morgan fingerprint density at radius 2 is 1.77 bits per heavy atom. The highest BCUT2D eigenvalue weighted by Gasteiger charge is 2.35. The van der Waals surface area contributed by atoms with Crippen LogP contribution in [0.15, 0.2) is 54.9 Å². The van der Waals surface area contributed by atoms with Crippen LogP contribution in [-0.4, -0.2) is 40.1 Å². The minimum absolute atomic E-state index is 0.112. The summed E-state index contributed by atoms with van der Waals surface area (Å²) in [6, 6.07) is 12.8. The van der Waals surface area contributed by atoms with Crippen molar-refractivity contribution in [3.63, 3.8) is 0 Å². The first-order valence-electron chi connectivity index (χ1n) is 10.2. The predicted molar refractivity (Wildman–Crippen MR) is 120 cm³/mol. The zero-order valence-electron chi connectivity index (χ0n) is 17.0. The number of nitrogens with one attached hydrogen (secondary N) is 3. The minimum Gasteiger partial charge on any atom is -0.508 e. The van der Waals surface area contributed by atoms with Crippen LogP contribution in [0, 0.1) is 0 Å². The van der Waals surface area contributed by atoms with Gasteiger partial charge in [-0.2, -0.15) is 0 Å². The first-order valence-corrected chi connectivity index (χ1v) is 10.2. The smallest absolute Gasteiger partial charge is 0.259 e. The molecule has 1 aliphatic heterocycles. The Morgan fingerprint density at radius 3 is 2.58 bits per heavy atom. The lowest BCUT2D eigenvalue weighted by molar-refractivity contribution is -0.122. The summed E-state index contributed by atoms with van der Waals surface area (Å²) in [6.07, 6.45) is 4.57. The third-order valence-electron chi connectivity index (χ3n) is 5.75. The van der Waals surface area contributed by atoms with Gasteiger partial charge in [0.15, 0.2) is 0 Å². The van der Waals surface area contributed by atoms with Crippen LogP contribution < -0.4 is 10.6 Å². The largest absolute Gasteiger partial charge is 0.508 e. The summed E-state index contributed by atoms with van der Waals surface area (Å²) in [5.74, 6) is -0.732. The van der Waals surface area contributed by atoms with Gasteiger partial charge in [-0.15, -0.1) is 0 Å². The van der Waals surface area contributed by atoms with E-state index in [1.807, 2.05) is 43.6 Å². The van der Waals surface area contributed by atoms with Gasteiger partial charge in [-0.25, -0.2) is 0 Å². The van der Waals surface area contributed by atoms with Crippen molar-refractivity contribution >= 4 is 44.8 Å². The molecule has 1 aliphatic rings. The average molecular weight is 414 g/mol. The zero-order valence-corrected chi connectivity index (χ0v) is 17.0. The number of amides is 2. The number of para-hydroxylation sites is 1. The van der Waals surface area contributed by atoms with Crippen molar-refractivity contribution in [1.29, 1.82) is 0 Å². The number of benzene rings is 2. The minimum atomic E-state index is -0.428. The number of carbonyl (C=O) groups excluding carboxylic acids is 2. The number of carbonyl (C=O) groups is 2. The van der Waals surface area contributed by atoms with Gasteiger partial charge in [-0.3, -0.25) is 14.9 Å². The molecular formula is C24H22N4O3. The van der Waals surface area contributed by atoms with Crippen molar-refractivity contribution in [3.8, 4) is 5.75 Å². The Kier molecular flexibility index (Phi) is 4.60. The highest BCUT2D eigenvalue weighted by Crippen LogP contribution is 2.39. The van der Waals surface area contributed by atoms with E-state index in [0.717, 1.165) is 41.3 Å². The fourth-order valence-corrected chi connectivity index (χ4v) is 4.34. The van der Waals surface area contributed by atoms with Gasteiger partial charge < -0.3 is 20.0 Å². The van der Waals surface area contributed by atoms with E-state index in [2.05, 4.69) is 20.2 Å². The van der Waals surface area contributed by atoms with Gasteiger partial charge in [0.25, 0.3) is 11.8 Å². The van der Waals surface area contributed by atoms with E-state index in [1.54, 1.807) is 18.3 Å². The van der Waals surface area contributed by atoms with Crippen molar-refractivity contribution < 1.29 is 14.7 Å². The van der Waals surface area contributed by atoms with Crippen LogP contribution in [0.25, 0.3) is 33.0 Å². The molecule has 3 heterocycles. The fourth-order valence-electron chi connectivity index (χ4n) is 4.34. The Balaban J connectivity index is 1.76. The lowest BCUT2D eigenvalue weighted by atomic mass is 9.95. The van der Waals surface area contributed by atoms with E-state index >= 15 is 0 Å². The van der Waals surface area contributed by atoms with Crippen molar-refractivity contribution in [3.05, 3.63) is 66.0 Å². The molecule has 2 amide bonds. The Hall–Kier alpha value is -3.84. The van der Waals surface area contributed by atoms with E-state index in [-0.39, 0.29) is 5.75 Å². The second kappa shape index (κ2) is 7.45. The molecule has 7 heteroatoms. The molecule has 0 bridgehead atoms. The molecule has 2 aromatic heterocycles. The maximum atomic E-state index is 12.9. The van der Waals surface area contributed by atoms with E-state index in [9.17, 15) is 14.7 Å². The monoisotopic (exact) mass is 414 g/mol. The lowest BCUT2D eigenvalue weighted by Crippen LogP contribution is -2.22. The number of phenols is 1. The van der Waals surface area contributed by atoms with Gasteiger partial charge in [0.1, 0.15) is 5.75 Å². The number of phenolic OH excluding ortho intramolecular Hbond substituents is 1. The molecule has 0 spiro atoms.